The number of nitrogens with one attached hydrogen (secondary N) is 2. The monoisotopic (exact) mass is 400 g/mol. The Bertz CT molecular complexity index is 877. The van der Waals surface area contributed by atoms with E-state index in [1.165, 1.54) is 11.3 Å². The highest BCUT2D eigenvalue weighted by Crippen LogP contribution is 2.26. The predicted octanol–water partition coefficient (Wildman–Crippen LogP) is 5.02. The van der Waals surface area contributed by atoms with Gasteiger partial charge < -0.3 is 10.6 Å². The van der Waals surface area contributed by atoms with Gasteiger partial charge in [-0.1, -0.05) is 30.3 Å². The fourth-order valence-electron chi connectivity index (χ4n) is 2.12. The highest BCUT2D eigenvalue weighted by atomic mass is 79.9. The number of anilines is 2. The first kappa shape index (κ1) is 16.4. The quantitative estimate of drug-likeness (QED) is 0.645. The van der Waals surface area contributed by atoms with Crippen molar-refractivity contribution in [2.24, 2.45) is 0 Å². The van der Waals surface area contributed by atoms with Gasteiger partial charge in [0.2, 0.25) is 0 Å². The summed E-state index contributed by atoms with van der Waals surface area (Å²) in [5.74, 6) is -0.451. The number of hydrogen-bond acceptors (Lipinski definition) is 3. The zero-order valence-electron chi connectivity index (χ0n) is 12.5. The molecule has 0 radical (unpaired) electrons. The number of amides is 2. The number of hydrogen-bond donors (Lipinski definition) is 2. The maximum absolute atomic E-state index is 12.4. The third kappa shape index (κ3) is 3.72. The topological polar surface area (TPSA) is 58.2 Å². The molecular weight excluding hydrogens is 388 g/mol. The summed E-state index contributed by atoms with van der Waals surface area (Å²) in [5.41, 5.74) is 1.65. The summed E-state index contributed by atoms with van der Waals surface area (Å²) in [7, 11) is 0. The third-order valence-corrected chi connectivity index (χ3v) is 5.12. The Morgan fingerprint density at radius 3 is 1.96 bits per heavy atom. The number of carbonyl (C=O) groups excluding carboxylic acids is 2. The molecule has 24 heavy (non-hydrogen) atoms. The van der Waals surface area contributed by atoms with Crippen molar-refractivity contribution >= 4 is 50.5 Å². The molecule has 0 atom stereocenters. The van der Waals surface area contributed by atoms with Gasteiger partial charge in [-0.05, 0) is 51.6 Å². The fraction of sp³-hybridized carbons (Fsp3) is 0. The minimum atomic E-state index is -0.227. The molecule has 0 bridgehead atoms. The maximum Gasteiger partial charge on any atom is 0.266 e. The Morgan fingerprint density at radius 1 is 0.792 bits per heavy atom. The average Bonchev–Trinajstić information content (AvgIpc) is 3.03. The van der Waals surface area contributed by atoms with Crippen LogP contribution < -0.4 is 10.6 Å². The molecule has 2 amide bonds. The number of thiophene rings is 1. The first-order valence-electron chi connectivity index (χ1n) is 7.15. The van der Waals surface area contributed by atoms with Gasteiger partial charge in [-0.25, -0.2) is 0 Å². The number of para-hydroxylation sites is 2. The Balaban J connectivity index is 1.80. The fourth-order valence-corrected chi connectivity index (χ4v) is 3.57. The molecule has 4 nitrogen and oxygen atoms in total. The first-order valence-corrected chi connectivity index (χ1v) is 8.82. The van der Waals surface area contributed by atoms with Crippen LogP contribution in [0.15, 0.2) is 70.5 Å². The van der Waals surface area contributed by atoms with Crippen molar-refractivity contribution in [3.63, 3.8) is 0 Å². The second-order valence-corrected chi connectivity index (χ2v) is 6.69. The summed E-state index contributed by atoms with van der Waals surface area (Å²) in [6.45, 7) is 0. The highest BCUT2D eigenvalue weighted by molar-refractivity contribution is 9.10. The van der Waals surface area contributed by atoms with Crippen LogP contribution in [0.4, 0.5) is 11.4 Å². The average molecular weight is 401 g/mol. The molecule has 2 aromatic carbocycles. The third-order valence-electron chi connectivity index (χ3n) is 3.28. The van der Waals surface area contributed by atoms with E-state index in [2.05, 4.69) is 26.6 Å². The van der Waals surface area contributed by atoms with Crippen LogP contribution in [0.3, 0.4) is 0 Å². The molecule has 1 heterocycles. The van der Waals surface area contributed by atoms with Gasteiger partial charge in [0.25, 0.3) is 11.8 Å². The van der Waals surface area contributed by atoms with E-state index in [0.717, 1.165) is 4.47 Å². The molecule has 0 saturated heterocycles. The van der Waals surface area contributed by atoms with Gasteiger partial charge >= 0.3 is 0 Å². The van der Waals surface area contributed by atoms with Gasteiger partial charge in [-0.2, -0.15) is 0 Å². The van der Waals surface area contributed by atoms with Gasteiger partial charge in [0.15, 0.2) is 0 Å². The maximum atomic E-state index is 12.4. The Labute approximate surface area is 151 Å². The van der Waals surface area contributed by atoms with Crippen molar-refractivity contribution in [3.8, 4) is 0 Å². The van der Waals surface area contributed by atoms with E-state index >= 15 is 0 Å². The van der Waals surface area contributed by atoms with Crippen LogP contribution >= 0.6 is 27.3 Å². The molecular formula is C18H13BrN2O2S. The second-order valence-electron chi connectivity index (χ2n) is 4.92. The summed E-state index contributed by atoms with van der Waals surface area (Å²) in [6, 6.07) is 17.9. The molecule has 2 N–H and O–H groups in total. The highest BCUT2D eigenvalue weighted by Gasteiger charge is 2.14. The summed E-state index contributed by atoms with van der Waals surface area (Å²) in [5, 5.41) is 7.50. The van der Waals surface area contributed by atoms with Gasteiger partial charge in [0.1, 0.15) is 4.88 Å². The van der Waals surface area contributed by atoms with E-state index in [1.54, 1.807) is 48.5 Å². The van der Waals surface area contributed by atoms with Crippen LogP contribution in [0.2, 0.25) is 0 Å². The standard InChI is InChI=1S/C18H13BrN2O2S/c19-13-10-11-24-16(13)18(23)21-15-9-5-4-8-14(15)20-17(22)12-6-2-1-3-7-12/h1-11H,(H,20,22)(H,21,23). The summed E-state index contributed by atoms with van der Waals surface area (Å²) in [4.78, 5) is 25.2. The lowest BCUT2D eigenvalue weighted by Gasteiger charge is -2.12. The molecule has 0 aliphatic carbocycles. The minimum absolute atomic E-state index is 0.224. The predicted molar refractivity (Wildman–Crippen MR) is 101 cm³/mol. The van der Waals surface area contributed by atoms with Crippen LogP contribution in [0.25, 0.3) is 0 Å². The Hall–Kier alpha value is -2.44. The second kappa shape index (κ2) is 7.42. The van der Waals surface area contributed by atoms with Crippen molar-refractivity contribution in [2.45, 2.75) is 0 Å². The van der Waals surface area contributed by atoms with E-state index in [1.807, 2.05) is 17.5 Å². The number of benzene rings is 2. The lowest BCUT2D eigenvalue weighted by molar-refractivity contribution is 0.101. The van der Waals surface area contributed by atoms with E-state index in [4.69, 9.17) is 0 Å². The SMILES string of the molecule is O=C(Nc1ccccc1NC(=O)c1sccc1Br)c1ccccc1. The lowest BCUT2D eigenvalue weighted by atomic mass is 10.2. The largest absolute Gasteiger partial charge is 0.320 e. The lowest BCUT2D eigenvalue weighted by Crippen LogP contribution is -2.16. The Kier molecular flexibility index (Phi) is 5.08. The Morgan fingerprint density at radius 2 is 1.38 bits per heavy atom. The van der Waals surface area contributed by atoms with Crippen molar-refractivity contribution in [1.29, 1.82) is 0 Å². The molecule has 0 saturated carbocycles. The van der Waals surface area contributed by atoms with E-state index in [0.29, 0.717) is 21.8 Å². The molecule has 6 heteroatoms. The molecule has 3 rings (SSSR count). The normalized spacial score (nSPS) is 10.2. The van der Waals surface area contributed by atoms with Crippen LogP contribution in [0.5, 0.6) is 0 Å². The van der Waals surface area contributed by atoms with Crippen LogP contribution in [-0.4, -0.2) is 11.8 Å². The number of halogens is 1. The molecule has 3 aromatic rings. The zero-order valence-corrected chi connectivity index (χ0v) is 14.9. The summed E-state index contributed by atoms with van der Waals surface area (Å²) < 4.78 is 0.746. The van der Waals surface area contributed by atoms with Crippen molar-refractivity contribution in [2.75, 3.05) is 10.6 Å². The molecule has 1 aromatic heterocycles. The zero-order chi connectivity index (χ0) is 16.9. The number of rotatable bonds is 4. The van der Waals surface area contributed by atoms with Crippen molar-refractivity contribution in [3.05, 3.63) is 81.0 Å². The molecule has 0 fully saturated rings. The smallest absolute Gasteiger partial charge is 0.266 e. The summed E-state index contributed by atoms with van der Waals surface area (Å²) in [6.07, 6.45) is 0. The molecule has 120 valence electrons. The molecule has 0 aliphatic rings. The van der Waals surface area contributed by atoms with Crippen molar-refractivity contribution < 1.29 is 9.59 Å². The van der Waals surface area contributed by atoms with E-state index < -0.39 is 0 Å². The molecule has 0 aliphatic heterocycles. The molecule has 0 spiro atoms. The van der Waals surface area contributed by atoms with Gasteiger partial charge in [-0.3, -0.25) is 9.59 Å². The first-order chi connectivity index (χ1) is 11.6. The van der Waals surface area contributed by atoms with Crippen molar-refractivity contribution in [1.82, 2.24) is 0 Å². The molecule has 0 unspecified atom stereocenters. The van der Waals surface area contributed by atoms with Gasteiger partial charge in [0.05, 0.1) is 11.4 Å². The minimum Gasteiger partial charge on any atom is -0.320 e. The number of carbonyl (C=O) groups is 2. The van der Waals surface area contributed by atoms with Crippen LogP contribution in [0.1, 0.15) is 20.0 Å². The van der Waals surface area contributed by atoms with Gasteiger partial charge in [-0.15, -0.1) is 11.3 Å². The summed E-state index contributed by atoms with van der Waals surface area (Å²) >= 11 is 4.70. The van der Waals surface area contributed by atoms with Crippen LogP contribution in [0, 0.1) is 0 Å². The van der Waals surface area contributed by atoms with Crippen LogP contribution in [-0.2, 0) is 0 Å². The van der Waals surface area contributed by atoms with E-state index in [-0.39, 0.29) is 11.8 Å². The van der Waals surface area contributed by atoms with E-state index in [9.17, 15) is 9.59 Å². The van der Waals surface area contributed by atoms with Gasteiger partial charge in [0, 0.05) is 10.0 Å².